The summed E-state index contributed by atoms with van der Waals surface area (Å²) in [5.41, 5.74) is 0.433. The van der Waals surface area contributed by atoms with E-state index < -0.39 is 0 Å². The molecule has 0 fully saturated rings. The van der Waals surface area contributed by atoms with Crippen LogP contribution in [-0.2, 0) is 0 Å². The molecule has 0 aliphatic rings. The van der Waals surface area contributed by atoms with Crippen LogP contribution in [0.5, 0.6) is 0 Å². The molecule has 0 rings (SSSR count). The van der Waals surface area contributed by atoms with Gasteiger partial charge in [0.05, 0.1) is 0 Å². The Labute approximate surface area is 76.3 Å². The lowest BCUT2D eigenvalue weighted by molar-refractivity contribution is 0.350. The van der Waals surface area contributed by atoms with E-state index in [-0.39, 0.29) is 0 Å². The molecule has 0 aromatic rings. The second-order valence-corrected chi connectivity index (χ2v) is 5.42. The van der Waals surface area contributed by atoms with E-state index in [1.807, 2.05) is 0 Å². The summed E-state index contributed by atoms with van der Waals surface area (Å²) in [7, 11) is 0. The second kappa shape index (κ2) is 4.35. The summed E-state index contributed by atoms with van der Waals surface area (Å²) in [6.45, 7) is 11.1. The molecule has 1 atom stereocenters. The lowest BCUT2D eigenvalue weighted by Gasteiger charge is -2.21. The summed E-state index contributed by atoms with van der Waals surface area (Å²) in [5.74, 6) is 0.610. The molecular weight excluding hydrogens is 156 g/mol. The van der Waals surface area contributed by atoms with E-state index in [4.69, 9.17) is 11.6 Å². The van der Waals surface area contributed by atoms with Crippen molar-refractivity contribution in [2.24, 2.45) is 11.3 Å². The first kappa shape index (κ1) is 11.3. The molecule has 0 radical (unpaired) electrons. The third-order valence-corrected chi connectivity index (χ3v) is 2.62. The number of rotatable bonds is 3. The molecule has 0 bridgehead atoms. The Morgan fingerprint density at radius 2 is 1.64 bits per heavy atom. The van der Waals surface area contributed by atoms with Gasteiger partial charge < -0.3 is 0 Å². The molecule has 0 aliphatic heterocycles. The van der Waals surface area contributed by atoms with E-state index in [1.165, 1.54) is 6.42 Å². The summed E-state index contributed by atoms with van der Waals surface area (Å²) < 4.78 is 0. The van der Waals surface area contributed by atoms with Crippen molar-refractivity contribution >= 4 is 11.6 Å². The zero-order chi connectivity index (χ0) is 9.07. The summed E-state index contributed by atoms with van der Waals surface area (Å²) in [6.07, 6.45) is 2.36. The van der Waals surface area contributed by atoms with Crippen LogP contribution >= 0.6 is 11.6 Å². The van der Waals surface area contributed by atoms with Crippen LogP contribution in [0.2, 0.25) is 0 Å². The van der Waals surface area contributed by atoms with Crippen LogP contribution in [0.3, 0.4) is 0 Å². The SMILES string of the molecule is CC(C)C(Cl)CCC(C)(C)C. The highest BCUT2D eigenvalue weighted by molar-refractivity contribution is 6.20. The summed E-state index contributed by atoms with van der Waals surface area (Å²) in [5, 5.41) is 0.356. The Morgan fingerprint density at radius 1 is 1.18 bits per heavy atom. The molecule has 0 spiro atoms. The van der Waals surface area contributed by atoms with E-state index in [1.54, 1.807) is 0 Å². The third-order valence-electron chi connectivity index (χ3n) is 1.89. The fraction of sp³-hybridized carbons (Fsp3) is 1.00. The highest BCUT2D eigenvalue weighted by Crippen LogP contribution is 2.25. The lowest BCUT2D eigenvalue weighted by atomic mass is 9.88. The number of hydrogen-bond donors (Lipinski definition) is 0. The molecule has 0 N–H and O–H groups in total. The molecule has 0 nitrogen and oxygen atoms in total. The van der Waals surface area contributed by atoms with Crippen LogP contribution < -0.4 is 0 Å². The van der Waals surface area contributed by atoms with Crippen molar-refractivity contribution in [1.82, 2.24) is 0 Å². The molecule has 0 aromatic heterocycles. The maximum atomic E-state index is 6.12. The van der Waals surface area contributed by atoms with E-state index in [2.05, 4.69) is 34.6 Å². The van der Waals surface area contributed by atoms with Crippen LogP contribution in [0.25, 0.3) is 0 Å². The fourth-order valence-electron chi connectivity index (χ4n) is 0.904. The van der Waals surface area contributed by atoms with Gasteiger partial charge in [0.2, 0.25) is 0 Å². The highest BCUT2D eigenvalue weighted by Gasteiger charge is 2.15. The monoisotopic (exact) mass is 176 g/mol. The van der Waals surface area contributed by atoms with Crippen molar-refractivity contribution in [2.45, 2.75) is 52.8 Å². The largest absolute Gasteiger partial charge is 0.123 e. The first-order valence-corrected chi connectivity index (χ1v) is 4.90. The topological polar surface area (TPSA) is 0 Å². The molecule has 0 aliphatic carbocycles. The zero-order valence-corrected chi connectivity index (χ0v) is 9.20. The Bertz CT molecular complexity index is 99.9. The minimum atomic E-state index is 0.356. The van der Waals surface area contributed by atoms with Gasteiger partial charge in [0.1, 0.15) is 0 Å². The van der Waals surface area contributed by atoms with Crippen LogP contribution in [-0.4, -0.2) is 5.38 Å². The molecular formula is C10H21Cl. The maximum absolute atomic E-state index is 6.12. The van der Waals surface area contributed by atoms with Gasteiger partial charge in [-0.2, -0.15) is 0 Å². The number of alkyl halides is 1. The van der Waals surface area contributed by atoms with Gasteiger partial charge in [-0.25, -0.2) is 0 Å². The van der Waals surface area contributed by atoms with Crippen molar-refractivity contribution in [3.8, 4) is 0 Å². The van der Waals surface area contributed by atoms with Crippen LogP contribution in [0.4, 0.5) is 0 Å². The van der Waals surface area contributed by atoms with Gasteiger partial charge in [-0.1, -0.05) is 34.6 Å². The third kappa shape index (κ3) is 6.68. The van der Waals surface area contributed by atoms with E-state index >= 15 is 0 Å². The lowest BCUT2D eigenvalue weighted by Crippen LogP contribution is -2.13. The summed E-state index contributed by atoms with van der Waals surface area (Å²) >= 11 is 6.12. The fourth-order valence-corrected chi connectivity index (χ4v) is 1.01. The van der Waals surface area contributed by atoms with Crippen LogP contribution in [0.15, 0.2) is 0 Å². The van der Waals surface area contributed by atoms with Gasteiger partial charge in [0.25, 0.3) is 0 Å². The smallest absolute Gasteiger partial charge is 0.0359 e. The standard InChI is InChI=1S/C10H21Cl/c1-8(2)9(11)6-7-10(3,4)5/h8-9H,6-7H2,1-5H3. The Kier molecular flexibility index (Phi) is 4.46. The normalized spacial score (nSPS) is 15.5. The molecule has 0 saturated carbocycles. The molecule has 11 heavy (non-hydrogen) atoms. The van der Waals surface area contributed by atoms with E-state index in [9.17, 15) is 0 Å². The van der Waals surface area contributed by atoms with Gasteiger partial charge in [0.15, 0.2) is 0 Å². The molecule has 68 valence electrons. The van der Waals surface area contributed by atoms with E-state index in [0.717, 1.165) is 6.42 Å². The molecule has 0 saturated heterocycles. The Hall–Kier alpha value is 0.290. The summed E-state index contributed by atoms with van der Waals surface area (Å²) in [6, 6.07) is 0. The first-order chi connectivity index (χ1) is 4.83. The van der Waals surface area contributed by atoms with Gasteiger partial charge in [0, 0.05) is 5.38 Å². The molecule has 0 amide bonds. The van der Waals surface area contributed by atoms with Crippen LogP contribution in [0, 0.1) is 11.3 Å². The van der Waals surface area contributed by atoms with Gasteiger partial charge in [-0.3, -0.25) is 0 Å². The van der Waals surface area contributed by atoms with Crippen molar-refractivity contribution in [3.63, 3.8) is 0 Å². The van der Waals surface area contributed by atoms with Gasteiger partial charge in [-0.05, 0) is 24.2 Å². The molecule has 0 heterocycles. The Balaban J connectivity index is 3.54. The molecule has 1 unspecified atom stereocenters. The van der Waals surface area contributed by atoms with Crippen molar-refractivity contribution in [3.05, 3.63) is 0 Å². The van der Waals surface area contributed by atoms with Gasteiger partial charge >= 0.3 is 0 Å². The Morgan fingerprint density at radius 3 is 1.91 bits per heavy atom. The summed E-state index contributed by atoms with van der Waals surface area (Å²) in [4.78, 5) is 0. The second-order valence-electron chi connectivity index (χ2n) is 4.86. The zero-order valence-electron chi connectivity index (χ0n) is 8.45. The quantitative estimate of drug-likeness (QED) is 0.569. The number of halogens is 1. The van der Waals surface area contributed by atoms with Crippen molar-refractivity contribution in [1.29, 1.82) is 0 Å². The molecule has 0 aromatic carbocycles. The minimum Gasteiger partial charge on any atom is -0.123 e. The number of hydrogen-bond acceptors (Lipinski definition) is 0. The predicted molar refractivity (Wildman–Crippen MR) is 53.2 cm³/mol. The first-order valence-electron chi connectivity index (χ1n) is 4.47. The predicted octanol–water partition coefficient (Wildman–Crippen LogP) is 4.08. The minimum absolute atomic E-state index is 0.356. The maximum Gasteiger partial charge on any atom is 0.0359 e. The van der Waals surface area contributed by atoms with Crippen molar-refractivity contribution < 1.29 is 0 Å². The van der Waals surface area contributed by atoms with Crippen LogP contribution in [0.1, 0.15) is 47.5 Å². The average molecular weight is 177 g/mol. The average Bonchev–Trinajstić information content (AvgIpc) is 1.80. The van der Waals surface area contributed by atoms with Gasteiger partial charge in [-0.15, -0.1) is 11.6 Å². The van der Waals surface area contributed by atoms with Crippen molar-refractivity contribution in [2.75, 3.05) is 0 Å². The molecule has 1 heteroatoms. The highest BCUT2D eigenvalue weighted by atomic mass is 35.5. The van der Waals surface area contributed by atoms with E-state index in [0.29, 0.717) is 16.7 Å².